The molecule has 3 aromatic rings. The molecule has 0 bridgehead atoms. The van der Waals surface area contributed by atoms with E-state index in [0.717, 1.165) is 5.56 Å². The van der Waals surface area contributed by atoms with Gasteiger partial charge in [0.05, 0.1) is 11.6 Å². The van der Waals surface area contributed by atoms with Gasteiger partial charge >= 0.3 is 5.76 Å². The Hall–Kier alpha value is -2.40. The summed E-state index contributed by atoms with van der Waals surface area (Å²) in [5.74, 6) is -0.740. The van der Waals surface area contributed by atoms with Crippen LogP contribution in [0.15, 0.2) is 51.7 Å². The van der Waals surface area contributed by atoms with Crippen LogP contribution in [0.2, 0.25) is 0 Å². The SMILES string of the molecule is Cn1c(=O)oc2cc(C(O)Cc3ccc(F)cc3)ccc21. The molecule has 0 aliphatic rings. The highest BCUT2D eigenvalue weighted by molar-refractivity contribution is 5.73. The van der Waals surface area contributed by atoms with Gasteiger partial charge in [-0.1, -0.05) is 18.2 Å². The van der Waals surface area contributed by atoms with Crippen molar-refractivity contribution in [2.24, 2.45) is 7.05 Å². The van der Waals surface area contributed by atoms with Gasteiger partial charge in [0.2, 0.25) is 0 Å². The third kappa shape index (κ3) is 2.60. The summed E-state index contributed by atoms with van der Waals surface area (Å²) in [5, 5.41) is 10.3. The van der Waals surface area contributed by atoms with Gasteiger partial charge in [0, 0.05) is 13.5 Å². The summed E-state index contributed by atoms with van der Waals surface area (Å²) in [4.78, 5) is 11.4. The van der Waals surface area contributed by atoms with Gasteiger partial charge in [-0.2, -0.15) is 0 Å². The van der Waals surface area contributed by atoms with Gasteiger partial charge < -0.3 is 9.52 Å². The summed E-state index contributed by atoms with van der Waals surface area (Å²) in [7, 11) is 1.63. The molecule has 0 amide bonds. The summed E-state index contributed by atoms with van der Waals surface area (Å²) in [5.41, 5.74) is 2.61. The minimum absolute atomic E-state index is 0.305. The zero-order valence-corrected chi connectivity index (χ0v) is 11.4. The molecule has 0 fully saturated rings. The van der Waals surface area contributed by atoms with Gasteiger partial charge in [-0.25, -0.2) is 9.18 Å². The van der Waals surface area contributed by atoms with E-state index >= 15 is 0 Å². The third-order valence-corrected chi connectivity index (χ3v) is 3.54. The predicted molar refractivity (Wildman–Crippen MR) is 76.5 cm³/mol. The van der Waals surface area contributed by atoms with Crippen molar-refractivity contribution in [3.63, 3.8) is 0 Å². The second kappa shape index (κ2) is 5.18. The maximum atomic E-state index is 12.9. The van der Waals surface area contributed by atoms with Crippen LogP contribution in [0.5, 0.6) is 0 Å². The Kier molecular flexibility index (Phi) is 3.35. The lowest BCUT2D eigenvalue weighted by atomic mass is 10.0. The Morgan fingerprint density at radius 3 is 2.67 bits per heavy atom. The van der Waals surface area contributed by atoms with Crippen molar-refractivity contribution in [1.82, 2.24) is 4.57 Å². The van der Waals surface area contributed by atoms with E-state index in [1.165, 1.54) is 16.7 Å². The van der Waals surface area contributed by atoms with Crippen LogP contribution in [0.1, 0.15) is 17.2 Å². The topological polar surface area (TPSA) is 55.4 Å². The lowest BCUT2D eigenvalue weighted by Gasteiger charge is -2.11. The standard InChI is InChI=1S/C16H14FNO3/c1-18-13-7-4-11(9-15(13)21-16(18)20)14(19)8-10-2-5-12(17)6-3-10/h2-7,9,14,19H,8H2,1H3. The van der Waals surface area contributed by atoms with E-state index in [-0.39, 0.29) is 5.82 Å². The van der Waals surface area contributed by atoms with Gasteiger partial charge in [-0.15, -0.1) is 0 Å². The van der Waals surface area contributed by atoms with Crippen LogP contribution in [-0.4, -0.2) is 9.67 Å². The second-order valence-electron chi connectivity index (χ2n) is 5.00. The molecule has 0 aliphatic heterocycles. The molecule has 3 rings (SSSR count). The fourth-order valence-corrected chi connectivity index (χ4v) is 2.32. The van der Waals surface area contributed by atoms with Crippen LogP contribution in [0.4, 0.5) is 4.39 Å². The molecule has 0 aliphatic carbocycles. The molecule has 5 heteroatoms. The van der Waals surface area contributed by atoms with Gasteiger partial charge in [-0.3, -0.25) is 4.57 Å². The molecule has 21 heavy (non-hydrogen) atoms. The summed E-state index contributed by atoms with van der Waals surface area (Å²) >= 11 is 0. The second-order valence-corrected chi connectivity index (χ2v) is 5.00. The highest BCUT2D eigenvalue weighted by atomic mass is 19.1. The zero-order chi connectivity index (χ0) is 15.0. The first-order valence-corrected chi connectivity index (χ1v) is 6.56. The number of nitrogens with zero attached hydrogens (tertiary/aromatic N) is 1. The summed E-state index contributed by atoms with van der Waals surface area (Å²) in [6.45, 7) is 0. The maximum Gasteiger partial charge on any atom is 0.419 e. The molecular weight excluding hydrogens is 273 g/mol. The molecule has 0 saturated heterocycles. The van der Waals surface area contributed by atoms with Crippen LogP contribution < -0.4 is 5.76 Å². The van der Waals surface area contributed by atoms with E-state index in [9.17, 15) is 14.3 Å². The van der Waals surface area contributed by atoms with Gasteiger partial charge in [0.25, 0.3) is 0 Å². The van der Waals surface area contributed by atoms with Crippen molar-refractivity contribution in [3.8, 4) is 0 Å². The number of aromatic nitrogens is 1. The lowest BCUT2D eigenvalue weighted by Crippen LogP contribution is -2.08. The normalized spacial score (nSPS) is 12.7. The number of aryl methyl sites for hydroxylation is 1. The molecule has 4 nitrogen and oxygen atoms in total. The van der Waals surface area contributed by atoms with Crippen LogP contribution in [0, 0.1) is 5.82 Å². The molecule has 1 heterocycles. The van der Waals surface area contributed by atoms with Crippen molar-refractivity contribution in [3.05, 3.63) is 70.0 Å². The van der Waals surface area contributed by atoms with Crippen molar-refractivity contribution in [1.29, 1.82) is 0 Å². The van der Waals surface area contributed by atoms with Crippen molar-refractivity contribution >= 4 is 11.1 Å². The van der Waals surface area contributed by atoms with Crippen molar-refractivity contribution in [2.45, 2.75) is 12.5 Å². The number of aliphatic hydroxyl groups is 1. The van der Waals surface area contributed by atoms with E-state index in [0.29, 0.717) is 23.1 Å². The Balaban J connectivity index is 1.89. The molecule has 0 saturated carbocycles. The molecule has 0 spiro atoms. The monoisotopic (exact) mass is 287 g/mol. The van der Waals surface area contributed by atoms with Crippen molar-refractivity contribution in [2.75, 3.05) is 0 Å². The summed E-state index contributed by atoms with van der Waals surface area (Å²) < 4.78 is 19.4. The van der Waals surface area contributed by atoms with Crippen LogP contribution >= 0.6 is 0 Å². The van der Waals surface area contributed by atoms with E-state index in [1.807, 2.05) is 0 Å². The number of fused-ring (bicyclic) bond motifs is 1. The van der Waals surface area contributed by atoms with E-state index in [1.54, 1.807) is 37.4 Å². The first kappa shape index (κ1) is 13.6. The molecule has 0 radical (unpaired) electrons. The first-order valence-electron chi connectivity index (χ1n) is 6.56. The maximum absolute atomic E-state index is 12.9. The quantitative estimate of drug-likeness (QED) is 0.805. The average molecular weight is 287 g/mol. The van der Waals surface area contributed by atoms with Crippen LogP contribution in [-0.2, 0) is 13.5 Å². The Morgan fingerprint density at radius 2 is 1.95 bits per heavy atom. The molecule has 108 valence electrons. The Labute approximate surface area is 120 Å². The highest BCUT2D eigenvalue weighted by Gasteiger charge is 2.12. The number of hydrogen-bond acceptors (Lipinski definition) is 3. The van der Waals surface area contributed by atoms with Gasteiger partial charge in [-0.05, 0) is 35.4 Å². The smallest absolute Gasteiger partial charge is 0.408 e. The minimum Gasteiger partial charge on any atom is -0.408 e. The highest BCUT2D eigenvalue weighted by Crippen LogP contribution is 2.22. The van der Waals surface area contributed by atoms with Gasteiger partial charge in [0.15, 0.2) is 5.58 Å². The summed E-state index contributed by atoms with van der Waals surface area (Å²) in [6, 6.07) is 11.2. The predicted octanol–water partition coefficient (Wildman–Crippen LogP) is 2.55. The van der Waals surface area contributed by atoms with Gasteiger partial charge in [0.1, 0.15) is 5.82 Å². The third-order valence-electron chi connectivity index (χ3n) is 3.54. The number of hydrogen-bond donors (Lipinski definition) is 1. The van der Waals surface area contributed by atoms with E-state index < -0.39 is 11.9 Å². The summed E-state index contributed by atoms with van der Waals surface area (Å²) in [6.07, 6.45) is -0.381. The van der Waals surface area contributed by atoms with E-state index in [4.69, 9.17) is 4.42 Å². The Bertz CT molecular complexity index is 833. The fraction of sp³-hybridized carbons (Fsp3) is 0.188. The molecular formula is C16H14FNO3. The Morgan fingerprint density at radius 1 is 1.24 bits per heavy atom. The van der Waals surface area contributed by atoms with Crippen molar-refractivity contribution < 1.29 is 13.9 Å². The minimum atomic E-state index is -0.745. The van der Waals surface area contributed by atoms with Crippen LogP contribution in [0.3, 0.4) is 0 Å². The molecule has 2 aromatic carbocycles. The molecule has 1 atom stereocenters. The van der Waals surface area contributed by atoms with E-state index in [2.05, 4.69) is 0 Å². The lowest BCUT2D eigenvalue weighted by molar-refractivity contribution is 0.178. The molecule has 1 aromatic heterocycles. The number of rotatable bonds is 3. The molecule has 1 N–H and O–H groups in total. The first-order chi connectivity index (χ1) is 10.0. The molecule has 1 unspecified atom stereocenters. The number of benzene rings is 2. The number of aliphatic hydroxyl groups excluding tert-OH is 1. The number of halogens is 1. The zero-order valence-electron chi connectivity index (χ0n) is 11.4. The van der Waals surface area contributed by atoms with Crippen LogP contribution in [0.25, 0.3) is 11.1 Å². The number of oxazole rings is 1. The largest absolute Gasteiger partial charge is 0.419 e. The fourth-order valence-electron chi connectivity index (χ4n) is 2.32. The average Bonchev–Trinajstić information content (AvgIpc) is 2.76.